The fourth-order valence-corrected chi connectivity index (χ4v) is 1.90. The number of aryl methyl sites for hydroxylation is 1. The van der Waals surface area contributed by atoms with E-state index in [9.17, 15) is 9.90 Å². The van der Waals surface area contributed by atoms with Crippen LogP contribution in [0.25, 0.3) is 0 Å². The SMILES string of the molecule is Cc1cc(C(=O)O)cc(NCC2(O)CCC2)n1. The minimum Gasteiger partial charge on any atom is -0.478 e. The van der Waals surface area contributed by atoms with Crippen molar-refractivity contribution in [1.29, 1.82) is 0 Å². The Morgan fingerprint density at radius 2 is 2.24 bits per heavy atom. The van der Waals surface area contributed by atoms with E-state index >= 15 is 0 Å². The average Bonchev–Trinajstić information content (AvgIpc) is 2.23. The number of aromatic nitrogens is 1. The Balaban J connectivity index is 2.07. The molecular weight excluding hydrogens is 220 g/mol. The van der Waals surface area contributed by atoms with Gasteiger partial charge in [-0.15, -0.1) is 0 Å². The van der Waals surface area contributed by atoms with Crippen LogP contribution in [0.1, 0.15) is 35.3 Å². The summed E-state index contributed by atoms with van der Waals surface area (Å²) in [4.78, 5) is 15.1. The highest BCUT2D eigenvalue weighted by Crippen LogP contribution is 2.31. The fourth-order valence-electron chi connectivity index (χ4n) is 1.90. The van der Waals surface area contributed by atoms with Gasteiger partial charge in [0.25, 0.3) is 0 Å². The van der Waals surface area contributed by atoms with Gasteiger partial charge in [-0.3, -0.25) is 0 Å². The quantitative estimate of drug-likeness (QED) is 0.736. The van der Waals surface area contributed by atoms with Gasteiger partial charge in [0.15, 0.2) is 0 Å². The molecule has 92 valence electrons. The molecule has 17 heavy (non-hydrogen) atoms. The number of anilines is 1. The van der Waals surface area contributed by atoms with Crippen molar-refractivity contribution in [1.82, 2.24) is 4.98 Å². The lowest BCUT2D eigenvalue weighted by Gasteiger charge is -2.36. The number of hydrogen-bond acceptors (Lipinski definition) is 4. The van der Waals surface area contributed by atoms with E-state index in [-0.39, 0.29) is 5.56 Å². The third kappa shape index (κ3) is 2.74. The predicted molar refractivity (Wildman–Crippen MR) is 63.2 cm³/mol. The maximum Gasteiger partial charge on any atom is 0.335 e. The standard InChI is InChI=1S/C12H16N2O3/c1-8-5-9(11(15)16)6-10(14-8)13-7-12(17)3-2-4-12/h5-6,17H,2-4,7H2,1H3,(H,13,14)(H,15,16). The first-order chi connectivity index (χ1) is 7.98. The number of carboxylic acids is 1. The second kappa shape index (κ2) is 4.33. The summed E-state index contributed by atoms with van der Waals surface area (Å²) < 4.78 is 0. The summed E-state index contributed by atoms with van der Waals surface area (Å²) in [7, 11) is 0. The fraction of sp³-hybridized carbons (Fsp3) is 0.500. The van der Waals surface area contributed by atoms with Gasteiger partial charge in [-0.25, -0.2) is 9.78 Å². The van der Waals surface area contributed by atoms with E-state index in [1.165, 1.54) is 12.1 Å². The zero-order valence-corrected chi connectivity index (χ0v) is 9.73. The Labute approximate surface area is 99.5 Å². The molecule has 0 aliphatic heterocycles. The van der Waals surface area contributed by atoms with Crippen LogP contribution >= 0.6 is 0 Å². The minimum atomic E-state index is -0.971. The number of aliphatic hydroxyl groups is 1. The van der Waals surface area contributed by atoms with E-state index in [0.29, 0.717) is 18.1 Å². The zero-order chi connectivity index (χ0) is 12.5. The first kappa shape index (κ1) is 11.9. The van der Waals surface area contributed by atoms with E-state index in [1.807, 2.05) is 0 Å². The van der Waals surface area contributed by atoms with Gasteiger partial charge in [0.2, 0.25) is 0 Å². The van der Waals surface area contributed by atoms with Crippen molar-refractivity contribution in [3.63, 3.8) is 0 Å². The molecule has 0 aromatic carbocycles. The number of pyridine rings is 1. The summed E-state index contributed by atoms with van der Waals surface area (Å²) in [5, 5.41) is 21.8. The van der Waals surface area contributed by atoms with Crippen LogP contribution in [-0.2, 0) is 0 Å². The molecule has 3 N–H and O–H groups in total. The summed E-state index contributed by atoms with van der Waals surface area (Å²) in [5.74, 6) is -0.469. The summed E-state index contributed by atoms with van der Waals surface area (Å²) in [6.07, 6.45) is 2.62. The van der Waals surface area contributed by atoms with Gasteiger partial charge in [-0.2, -0.15) is 0 Å². The third-order valence-electron chi connectivity index (χ3n) is 3.08. The molecule has 1 aromatic heterocycles. The van der Waals surface area contributed by atoms with Gasteiger partial charge >= 0.3 is 5.97 Å². The van der Waals surface area contributed by atoms with Gasteiger partial charge in [-0.1, -0.05) is 0 Å². The Morgan fingerprint density at radius 3 is 2.76 bits per heavy atom. The van der Waals surface area contributed by atoms with Gasteiger partial charge in [-0.05, 0) is 38.3 Å². The molecule has 0 atom stereocenters. The molecule has 0 bridgehead atoms. The highest BCUT2D eigenvalue weighted by Gasteiger charge is 2.34. The lowest BCUT2D eigenvalue weighted by Crippen LogP contribution is -2.43. The maximum atomic E-state index is 10.9. The van der Waals surface area contributed by atoms with Gasteiger partial charge in [0.1, 0.15) is 5.82 Å². The van der Waals surface area contributed by atoms with Crippen LogP contribution in [0.5, 0.6) is 0 Å². The van der Waals surface area contributed by atoms with E-state index < -0.39 is 11.6 Å². The molecule has 0 unspecified atom stereocenters. The maximum absolute atomic E-state index is 10.9. The smallest absolute Gasteiger partial charge is 0.335 e. The normalized spacial score (nSPS) is 17.3. The minimum absolute atomic E-state index is 0.209. The number of rotatable bonds is 4. The van der Waals surface area contributed by atoms with Crippen LogP contribution in [-0.4, -0.2) is 33.3 Å². The van der Waals surface area contributed by atoms with Crippen molar-refractivity contribution in [2.24, 2.45) is 0 Å². The monoisotopic (exact) mass is 236 g/mol. The first-order valence-electron chi connectivity index (χ1n) is 5.67. The molecule has 2 rings (SSSR count). The highest BCUT2D eigenvalue weighted by molar-refractivity contribution is 5.88. The van der Waals surface area contributed by atoms with Crippen molar-refractivity contribution < 1.29 is 15.0 Å². The molecule has 0 spiro atoms. The van der Waals surface area contributed by atoms with Crippen LogP contribution in [0.4, 0.5) is 5.82 Å². The Bertz CT molecular complexity index is 441. The predicted octanol–water partition coefficient (Wildman–Crippen LogP) is 1.42. The van der Waals surface area contributed by atoms with Crippen LogP contribution < -0.4 is 5.32 Å². The average molecular weight is 236 g/mol. The number of nitrogens with zero attached hydrogens (tertiary/aromatic N) is 1. The van der Waals surface area contributed by atoms with Gasteiger partial charge in [0.05, 0.1) is 11.2 Å². The molecule has 1 aromatic rings. The van der Waals surface area contributed by atoms with Crippen molar-refractivity contribution >= 4 is 11.8 Å². The summed E-state index contributed by atoms with van der Waals surface area (Å²) in [5.41, 5.74) is 0.211. The largest absolute Gasteiger partial charge is 0.478 e. The molecule has 1 fully saturated rings. The topological polar surface area (TPSA) is 82.5 Å². The number of carboxylic acid groups (broad SMARTS) is 1. The molecule has 1 aliphatic carbocycles. The number of aromatic carboxylic acids is 1. The lowest BCUT2D eigenvalue weighted by atomic mass is 9.80. The summed E-state index contributed by atoms with van der Waals surface area (Å²) >= 11 is 0. The van der Waals surface area contributed by atoms with Crippen molar-refractivity contribution in [3.8, 4) is 0 Å². The van der Waals surface area contributed by atoms with Crippen molar-refractivity contribution in [2.75, 3.05) is 11.9 Å². The zero-order valence-electron chi connectivity index (χ0n) is 9.73. The molecule has 5 heteroatoms. The van der Waals surface area contributed by atoms with E-state index in [4.69, 9.17) is 5.11 Å². The van der Waals surface area contributed by atoms with E-state index in [1.54, 1.807) is 6.92 Å². The Morgan fingerprint density at radius 1 is 1.53 bits per heavy atom. The lowest BCUT2D eigenvalue weighted by molar-refractivity contribution is -0.0202. The highest BCUT2D eigenvalue weighted by atomic mass is 16.4. The second-order valence-electron chi connectivity index (χ2n) is 4.62. The Kier molecular flexibility index (Phi) is 3.02. The number of hydrogen-bond donors (Lipinski definition) is 3. The molecule has 0 amide bonds. The molecule has 5 nitrogen and oxygen atoms in total. The molecular formula is C12H16N2O3. The number of nitrogens with one attached hydrogen (secondary N) is 1. The van der Waals surface area contributed by atoms with Crippen LogP contribution in [0.3, 0.4) is 0 Å². The molecule has 1 heterocycles. The van der Waals surface area contributed by atoms with E-state index in [2.05, 4.69) is 10.3 Å². The van der Waals surface area contributed by atoms with Crippen molar-refractivity contribution in [3.05, 3.63) is 23.4 Å². The third-order valence-corrected chi connectivity index (χ3v) is 3.08. The van der Waals surface area contributed by atoms with Crippen LogP contribution in [0.2, 0.25) is 0 Å². The van der Waals surface area contributed by atoms with Gasteiger partial charge in [0, 0.05) is 12.2 Å². The molecule has 0 radical (unpaired) electrons. The van der Waals surface area contributed by atoms with Crippen LogP contribution in [0.15, 0.2) is 12.1 Å². The van der Waals surface area contributed by atoms with Crippen LogP contribution in [0, 0.1) is 6.92 Å². The second-order valence-corrected chi connectivity index (χ2v) is 4.62. The molecule has 0 saturated heterocycles. The van der Waals surface area contributed by atoms with Gasteiger partial charge < -0.3 is 15.5 Å². The van der Waals surface area contributed by atoms with Crippen molar-refractivity contribution in [2.45, 2.75) is 31.8 Å². The first-order valence-corrected chi connectivity index (χ1v) is 5.67. The Hall–Kier alpha value is -1.62. The summed E-state index contributed by atoms with van der Waals surface area (Å²) in [6.45, 7) is 2.16. The molecule has 1 saturated carbocycles. The number of carbonyl (C=O) groups is 1. The molecule has 1 aliphatic rings. The summed E-state index contributed by atoms with van der Waals surface area (Å²) in [6, 6.07) is 3.00. The van der Waals surface area contributed by atoms with E-state index in [0.717, 1.165) is 19.3 Å².